The normalized spacial score (nSPS) is 26.0. The van der Waals surface area contributed by atoms with Crippen LogP contribution in [0.15, 0.2) is 22.8 Å². The van der Waals surface area contributed by atoms with Gasteiger partial charge >= 0.3 is 0 Å². The Bertz CT molecular complexity index is 564. The van der Waals surface area contributed by atoms with E-state index in [4.69, 9.17) is 10.5 Å². The fourth-order valence-corrected chi connectivity index (χ4v) is 3.52. The van der Waals surface area contributed by atoms with Gasteiger partial charge in [-0.25, -0.2) is 0 Å². The number of nitriles is 1. The van der Waals surface area contributed by atoms with Gasteiger partial charge in [0, 0.05) is 24.3 Å². The number of hydrogen-bond donors (Lipinski definition) is 1. The number of nitrogens with two attached hydrogens (primary N) is 1. The predicted octanol–water partition coefficient (Wildman–Crippen LogP) is 3.41. The lowest BCUT2D eigenvalue weighted by molar-refractivity contribution is -0.119. The van der Waals surface area contributed by atoms with Crippen molar-refractivity contribution in [3.63, 3.8) is 0 Å². The first-order chi connectivity index (χ1) is 9.80. The van der Waals surface area contributed by atoms with E-state index in [1.807, 2.05) is 0 Å². The molecule has 1 aliphatic carbocycles. The maximum absolute atomic E-state index is 12.6. The molecule has 2 atom stereocenters. The molecule has 0 radical (unpaired) electrons. The van der Waals surface area contributed by atoms with Gasteiger partial charge in [0.05, 0.1) is 5.57 Å². The highest BCUT2D eigenvalue weighted by Gasteiger charge is 2.43. The minimum Gasteiger partial charge on any atom is -0.444 e. The first-order valence-electron chi connectivity index (χ1n) is 7.64. The van der Waals surface area contributed by atoms with Crippen molar-refractivity contribution in [3.05, 3.63) is 22.8 Å². The summed E-state index contributed by atoms with van der Waals surface area (Å²) < 4.78 is 5.65. The van der Waals surface area contributed by atoms with E-state index in [0.717, 1.165) is 12.8 Å². The van der Waals surface area contributed by atoms with E-state index in [2.05, 4.69) is 33.8 Å². The summed E-state index contributed by atoms with van der Waals surface area (Å²) >= 11 is 0. The molecule has 1 aliphatic heterocycles. The van der Waals surface area contributed by atoms with Crippen LogP contribution in [0.25, 0.3) is 0 Å². The molecule has 0 fully saturated rings. The first-order valence-corrected chi connectivity index (χ1v) is 7.64. The summed E-state index contributed by atoms with van der Waals surface area (Å²) in [5.74, 6) is 0.967. The molecule has 0 saturated heterocycles. The van der Waals surface area contributed by atoms with Crippen molar-refractivity contribution in [2.24, 2.45) is 23.0 Å². The lowest BCUT2D eigenvalue weighted by atomic mass is 9.68. The molecule has 0 aromatic rings. The third-order valence-electron chi connectivity index (χ3n) is 4.43. The van der Waals surface area contributed by atoms with Crippen LogP contribution >= 0.6 is 0 Å². The Kier molecular flexibility index (Phi) is 4.13. The maximum Gasteiger partial charge on any atom is 0.204 e. The molecule has 2 N–H and O–H groups in total. The van der Waals surface area contributed by atoms with Crippen molar-refractivity contribution < 1.29 is 9.53 Å². The van der Waals surface area contributed by atoms with Crippen LogP contribution in [0.2, 0.25) is 0 Å². The highest BCUT2D eigenvalue weighted by molar-refractivity contribution is 5.98. The second-order valence-electron chi connectivity index (χ2n) is 7.01. The number of hydrogen-bond acceptors (Lipinski definition) is 4. The summed E-state index contributed by atoms with van der Waals surface area (Å²) in [6, 6.07) is 2.16. The van der Waals surface area contributed by atoms with Gasteiger partial charge in [0.15, 0.2) is 5.78 Å². The zero-order valence-electron chi connectivity index (χ0n) is 13.3. The molecule has 0 bridgehead atoms. The number of ether oxygens (including phenoxy) is 1. The Morgan fingerprint density at radius 2 is 2.14 bits per heavy atom. The van der Waals surface area contributed by atoms with Gasteiger partial charge in [-0.15, -0.1) is 0 Å². The molecule has 2 rings (SSSR count). The van der Waals surface area contributed by atoms with Crippen molar-refractivity contribution in [3.8, 4) is 6.07 Å². The molecule has 2 aliphatic rings. The second kappa shape index (κ2) is 5.55. The van der Waals surface area contributed by atoms with Gasteiger partial charge in [0.2, 0.25) is 5.88 Å². The number of allylic oxidation sites excluding steroid dienone is 3. The monoisotopic (exact) mass is 288 g/mol. The number of nitrogens with zero attached hydrogens (tertiary/aromatic N) is 1. The first kappa shape index (κ1) is 15.6. The van der Waals surface area contributed by atoms with E-state index in [1.54, 1.807) is 0 Å². The number of ketones is 1. The lowest BCUT2D eigenvalue weighted by Gasteiger charge is -2.38. The fraction of sp³-hybridized carbons (Fsp3) is 0.647. The zero-order valence-corrected chi connectivity index (χ0v) is 13.3. The van der Waals surface area contributed by atoms with Crippen molar-refractivity contribution in [2.45, 2.75) is 53.4 Å². The SMILES string of the molecule is CCC[C@@H](C)[C@@H]1C(C#N)=C(N)OC2=C1C(=O)CC(C)(C)C2. The smallest absolute Gasteiger partial charge is 0.204 e. The van der Waals surface area contributed by atoms with Crippen LogP contribution in [0.1, 0.15) is 53.4 Å². The Hall–Kier alpha value is -1.76. The number of Topliss-reactive ketones (excluding diaryl/α,β-unsaturated/α-hetero) is 1. The van der Waals surface area contributed by atoms with Crippen molar-refractivity contribution >= 4 is 5.78 Å². The standard InChI is InChI=1S/C17H24N2O2/c1-5-6-10(2)14-11(9-18)16(19)21-13-8-17(3,4)7-12(20)15(13)14/h10,14H,5-8,19H2,1-4H3/t10-,14-/m1/s1. The summed E-state index contributed by atoms with van der Waals surface area (Å²) in [7, 11) is 0. The average molecular weight is 288 g/mol. The Balaban J connectivity index is 2.50. The van der Waals surface area contributed by atoms with Crippen LogP contribution in [0.4, 0.5) is 0 Å². The second-order valence-corrected chi connectivity index (χ2v) is 7.01. The molecule has 21 heavy (non-hydrogen) atoms. The summed E-state index contributed by atoms with van der Waals surface area (Å²) in [6.07, 6.45) is 3.17. The van der Waals surface area contributed by atoms with Crippen molar-refractivity contribution in [1.29, 1.82) is 5.26 Å². The third kappa shape index (κ3) is 2.83. The van der Waals surface area contributed by atoms with Crippen LogP contribution < -0.4 is 5.73 Å². The van der Waals surface area contributed by atoms with E-state index in [-0.39, 0.29) is 28.9 Å². The lowest BCUT2D eigenvalue weighted by Crippen LogP contribution is -2.36. The molecule has 0 spiro atoms. The van der Waals surface area contributed by atoms with Gasteiger partial charge in [0.1, 0.15) is 11.8 Å². The Morgan fingerprint density at radius 1 is 1.48 bits per heavy atom. The highest BCUT2D eigenvalue weighted by Crippen LogP contribution is 2.46. The molecular weight excluding hydrogens is 264 g/mol. The molecule has 4 heteroatoms. The van der Waals surface area contributed by atoms with Gasteiger partial charge in [-0.2, -0.15) is 5.26 Å². The molecule has 114 valence electrons. The van der Waals surface area contributed by atoms with Gasteiger partial charge in [-0.1, -0.05) is 40.5 Å². The van der Waals surface area contributed by atoms with Crippen molar-refractivity contribution in [1.82, 2.24) is 0 Å². The topological polar surface area (TPSA) is 76.1 Å². The van der Waals surface area contributed by atoms with Crippen molar-refractivity contribution in [2.75, 3.05) is 0 Å². The molecular formula is C17H24N2O2. The average Bonchev–Trinajstić information content (AvgIpc) is 2.35. The largest absolute Gasteiger partial charge is 0.444 e. The van der Waals surface area contributed by atoms with Crippen LogP contribution in [0.3, 0.4) is 0 Å². The minimum absolute atomic E-state index is 0.106. The molecule has 0 aromatic carbocycles. The Morgan fingerprint density at radius 3 is 2.71 bits per heavy atom. The maximum atomic E-state index is 12.6. The van der Waals surface area contributed by atoms with E-state index in [0.29, 0.717) is 29.7 Å². The molecule has 0 unspecified atom stereocenters. The van der Waals surface area contributed by atoms with Crippen LogP contribution in [0.5, 0.6) is 0 Å². The third-order valence-corrected chi connectivity index (χ3v) is 4.43. The minimum atomic E-state index is -0.206. The summed E-state index contributed by atoms with van der Waals surface area (Å²) in [6.45, 7) is 8.31. The van der Waals surface area contributed by atoms with Crippen LogP contribution in [-0.2, 0) is 9.53 Å². The van der Waals surface area contributed by atoms with E-state index in [9.17, 15) is 10.1 Å². The van der Waals surface area contributed by atoms with E-state index < -0.39 is 0 Å². The van der Waals surface area contributed by atoms with Crippen LogP contribution in [-0.4, -0.2) is 5.78 Å². The Labute approximate surface area is 126 Å². The molecule has 0 aromatic heterocycles. The molecule has 4 nitrogen and oxygen atoms in total. The van der Waals surface area contributed by atoms with Gasteiger partial charge in [-0.05, 0) is 11.3 Å². The number of rotatable bonds is 3. The summed E-state index contributed by atoms with van der Waals surface area (Å²) in [4.78, 5) is 12.6. The quantitative estimate of drug-likeness (QED) is 0.863. The summed E-state index contributed by atoms with van der Waals surface area (Å²) in [5.41, 5.74) is 6.95. The van der Waals surface area contributed by atoms with Gasteiger partial charge in [-0.3, -0.25) is 4.79 Å². The number of carbonyl (C=O) groups excluding carboxylic acids is 1. The predicted molar refractivity (Wildman–Crippen MR) is 80.5 cm³/mol. The number of carbonyl (C=O) groups is 1. The zero-order chi connectivity index (χ0) is 15.8. The van der Waals surface area contributed by atoms with Crippen LogP contribution in [0, 0.1) is 28.6 Å². The summed E-state index contributed by atoms with van der Waals surface area (Å²) in [5, 5.41) is 9.43. The fourth-order valence-electron chi connectivity index (χ4n) is 3.52. The molecule has 0 amide bonds. The van der Waals surface area contributed by atoms with E-state index in [1.165, 1.54) is 0 Å². The molecule has 0 saturated carbocycles. The highest BCUT2D eigenvalue weighted by atomic mass is 16.5. The molecule has 1 heterocycles. The van der Waals surface area contributed by atoms with Gasteiger partial charge in [0.25, 0.3) is 0 Å². The van der Waals surface area contributed by atoms with Gasteiger partial charge < -0.3 is 10.5 Å². The van der Waals surface area contributed by atoms with E-state index >= 15 is 0 Å².